The minimum atomic E-state index is 0. The van der Waals surface area contributed by atoms with Crippen molar-refractivity contribution >= 4 is 12.7 Å². The number of phenols is 1. The zero-order valence-electron chi connectivity index (χ0n) is 6.46. The summed E-state index contributed by atoms with van der Waals surface area (Å²) < 4.78 is 0. The van der Waals surface area contributed by atoms with E-state index >= 15 is 0 Å². The van der Waals surface area contributed by atoms with Crippen molar-refractivity contribution in [1.82, 2.24) is 0 Å². The Bertz CT molecular complexity index is 203. The van der Waals surface area contributed by atoms with Crippen molar-refractivity contribution in [2.24, 2.45) is 0 Å². The van der Waals surface area contributed by atoms with Gasteiger partial charge in [-0.25, -0.2) is 0 Å². The van der Waals surface area contributed by atoms with E-state index in [4.69, 9.17) is 5.11 Å². The van der Waals surface area contributed by atoms with Crippen LogP contribution in [0.15, 0.2) is 24.3 Å². The van der Waals surface area contributed by atoms with Gasteiger partial charge in [-0.05, 0) is 12.1 Å². The molecule has 1 aromatic carbocycles. The Labute approximate surface area is 66.5 Å². The fraction of sp³-hybridized carbons (Fsp3) is 0.143. The van der Waals surface area contributed by atoms with Crippen LogP contribution in [-0.4, -0.2) is 23.3 Å². The lowest BCUT2D eigenvalue weighted by Gasteiger charge is -1.93. The van der Waals surface area contributed by atoms with E-state index in [9.17, 15) is 0 Å². The van der Waals surface area contributed by atoms with Crippen LogP contribution in [0.25, 0.3) is 0 Å². The predicted molar refractivity (Wildman–Crippen MR) is 48.0 cm³/mol. The van der Waals surface area contributed by atoms with Crippen molar-refractivity contribution in [3.05, 3.63) is 24.3 Å². The summed E-state index contributed by atoms with van der Waals surface area (Å²) in [5.74, 6) is 0.356. The molecule has 0 bridgehead atoms. The number of rotatable bonds is 1. The van der Waals surface area contributed by atoms with Gasteiger partial charge < -0.3 is 16.1 Å². The highest BCUT2D eigenvalue weighted by Crippen LogP contribution is 2.01. The fourth-order valence-electron chi connectivity index (χ4n) is 0.776. The van der Waals surface area contributed by atoms with Crippen LogP contribution in [0.4, 0.5) is 0 Å². The fourth-order valence-corrected chi connectivity index (χ4v) is 0.776. The second-order valence-corrected chi connectivity index (χ2v) is 2.02. The van der Waals surface area contributed by atoms with E-state index in [0.717, 1.165) is 7.28 Å². The van der Waals surface area contributed by atoms with Gasteiger partial charge in [-0.2, -0.15) is 0 Å². The molecule has 0 aliphatic rings. The Morgan fingerprint density at radius 1 is 1.27 bits per heavy atom. The molecule has 0 aliphatic heterocycles. The number of hydrogen-bond acceptors (Lipinski definition) is 1. The van der Waals surface area contributed by atoms with E-state index < -0.39 is 0 Å². The van der Waals surface area contributed by atoms with Gasteiger partial charge in [0, 0.05) is 0 Å². The maximum absolute atomic E-state index is 8.94. The van der Waals surface area contributed by atoms with Gasteiger partial charge in [-0.15, -0.1) is 0 Å². The van der Waals surface area contributed by atoms with E-state index in [-0.39, 0.29) is 11.0 Å². The Morgan fingerprint density at radius 3 is 2.27 bits per heavy atom. The minimum Gasteiger partial charge on any atom is -0.508 e. The van der Waals surface area contributed by atoms with Crippen molar-refractivity contribution in [1.29, 1.82) is 0 Å². The highest BCUT2D eigenvalue weighted by Gasteiger charge is 1.89. The highest BCUT2D eigenvalue weighted by atomic mass is 16.3. The Morgan fingerprint density at radius 2 is 1.91 bits per heavy atom. The first-order valence-corrected chi connectivity index (χ1v) is 3.11. The number of benzene rings is 1. The maximum Gasteiger partial charge on any atom is 0.154 e. The second-order valence-electron chi connectivity index (χ2n) is 2.02. The maximum atomic E-state index is 8.94. The number of hydrogen-bond donors (Lipinski definition) is 1. The number of phenolic OH excluding ortho intramolecular Hbond substituents is 1. The first-order chi connectivity index (χ1) is 4.33. The average Bonchev–Trinajstić information content (AvgIpc) is 1.88. The van der Waals surface area contributed by atoms with Crippen molar-refractivity contribution in [3.63, 3.8) is 0 Å². The summed E-state index contributed by atoms with van der Waals surface area (Å²) in [6.45, 7) is 2.06. The standard InChI is InChI=1S/C7H9BO.2H2O/c1-8-6-3-2-4-7(9)5-6;;/h2-5,8-9H,1H3;2*1H2. The largest absolute Gasteiger partial charge is 0.508 e. The molecule has 0 unspecified atom stereocenters. The molecule has 0 heterocycles. The van der Waals surface area contributed by atoms with Crippen LogP contribution in [0.1, 0.15) is 0 Å². The molecule has 62 valence electrons. The van der Waals surface area contributed by atoms with Gasteiger partial charge >= 0.3 is 0 Å². The third-order valence-electron chi connectivity index (χ3n) is 1.32. The molecule has 0 saturated heterocycles. The molecule has 3 nitrogen and oxygen atoms in total. The van der Waals surface area contributed by atoms with Gasteiger partial charge in [0.25, 0.3) is 0 Å². The van der Waals surface area contributed by atoms with Crippen LogP contribution in [0, 0.1) is 0 Å². The molecule has 0 atom stereocenters. The van der Waals surface area contributed by atoms with E-state index in [1.54, 1.807) is 12.1 Å². The summed E-state index contributed by atoms with van der Waals surface area (Å²) in [5.41, 5.74) is 1.18. The molecule has 0 amide bonds. The first-order valence-electron chi connectivity index (χ1n) is 3.11. The van der Waals surface area contributed by atoms with Crippen molar-refractivity contribution in [3.8, 4) is 5.75 Å². The molecule has 0 aliphatic carbocycles. The smallest absolute Gasteiger partial charge is 0.154 e. The van der Waals surface area contributed by atoms with Crippen molar-refractivity contribution < 1.29 is 16.1 Å². The molecule has 1 aromatic rings. The van der Waals surface area contributed by atoms with Crippen molar-refractivity contribution in [2.75, 3.05) is 0 Å². The summed E-state index contributed by atoms with van der Waals surface area (Å²) in [6.07, 6.45) is 0. The van der Waals surface area contributed by atoms with Gasteiger partial charge in [-0.3, -0.25) is 0 Å². The number of aromatic hydroxyl groups is 1. The molecular formula is C7H13BO3. The molecule has 0 spiro atoms. The molecule has 0 radical (unpaired) electrons. The van der Waals surface area contributed by atoms with Crippen LogP contribution in [0.2, 0.25) is 6.82 Å². The van der Waals surface area contributed by atoms with E-state index in [1.807, 2.05) is 12.1 Å². The Hall–Kier alpha value is -0.995. The average molecular weight is 156 g/mol. The van der Waals surface area contributed by atoms with Crippen molar-refractivity contribution in [2.45, 2.75) is 6.82 Å². The monoisotopic (exact) mass is 156 g/mol. The Balaban J connectivity index is 0. The SMILES string of the molecule is CBc1cccc(O)c1.O.O. The van der Waals surface area contributed by atoms with E-state index in [2.05, 4.69) is 6.82 Å². The van der Waals surface area contributed by atoms with E-state index in [1.165, 1.54) is 5.46 Å². The van der Waals surface area contributed by atoms with Gasteiger partial charge in [0.15, 0.2) is 7.28 Å². The molecule has 11 heavy (non-hydrogen) atoms. The minimum absolute atomic E-state index is 0. The van der Waals surface area contributed by atoms with Crippen LogP contribution >= 0.6 is 0 Å². The molecular weight excluding hydrogens is 143 g/mol. The summed E-state index contributed by atoms with van der Waals surface area (Å²) >= 11 is 0. The lowest BCUT2D eigenvalue weighted by atomic mass is 9.73. The van der Waals surface area contributed by atoms with Crippen LogP contribution in [0.5, 0.6) is 5.75 Å². The lowest BCUT2D eigenvalue weighted by Crippen LogP contribution is -2.08. The normalized spacial score (nSPS) is 7.36. The third-order valence-corrected chi connectivity index (χ3v) is 1.32. The van der Waals surface area contributed by atoms with Crippen LogP contribution in [-0.2, 0) is 0 Å². The second kappa shape index (κ2) is 5.76. The summed E-state index contributed by atoms with van der Waals surface area (Å²) in [6, 6.07) is 7.31. The summed E-state index contributed by atoms with van der Waals surface area (Å²) in [5, 5.41) is 8.94. The molecule has 5 N–H and O–H groups in total. The highest BCUT2D eigenvalue weighted by molar-refractivity contribution is 6.51. The molecule has 0 fully saturated rings. The summed E-state index contributed by atoms with van der Waals surface area (Å²) in [7, 11) is 0.981. The zero-order chi connectivity index (χ0) is 6.69. The molecule has 0 saturated carbocycles. The first kappa shape index (κ1) is 12.7. The zero-order valence-corrected chi connectivity index (χ0v) is 6.46. The quantitative estimate of drug-likeness (QED) is 0.511. The van der Waals surface area contributed by atoms with Gasteiger partial charge in [0.2, 0.25) is 0 Å². The lowest BCUT2D eigenvalue weighted by molar-refractivity contribution is 0.476. The van der Waals surface area contributed by atoms with Gasteiger partial charge in [0.1, 0.15) is 5.75 Å². The Kier molecular flexibility index (Phi) is 6.63. The predicted octanol–water partition coefficient (Wildman–Crippen LogP) is -1.15. The van der Waals surface area contributed by atoms with Crippen LogP contribution in [0.3, 0.4) is 0 Å². The van der Waals surface area contributed by atoms with Gasteiger partial charge in [-0.1, -0.05) is 24.4 Å². The van der Waals surface area contributed by atoms with E-state index in [0.29, 0.717) is 5.75 Å². The summed E-state index contributed by atoms with van der Waals surface area (Å²) in [4.78, 5) is 0. The third kappa shape index (κ3) is 3.65. The molecule has 0 aromatic heterocycles. The van der Waals surface area contributed by atoms with Gasteiger partial charge in [0.05, 0.1) is 0 Å². The van der Waals surface area contributed by atoms with Crippen LogP contribution < -0.4 is 5.46 Å². The molecule has 4 heteroatoms. The topological polar surface area (TPSA) is 83.2 Å². The molecule has 1 rings (SSSR count).